The molecule has 0 spiro atoms. The SMILES string of the molecule is CC1CC(C)CC(NCCS(=O)(=O)C(C)C)C1. The third-order valence-corrected chi connectivity index (χ3v) is 5.93. The molecule has 0 radical (unpaired) electrons. The zero-order chi connectivity index (χ0) is 13.1. The van der Waals surface area contributed by atoms with Crippen LogP contribution in [0.3, 0.4) is 0 Å². The molecule has 1 rings (SSSR count). The van der Waals surface area contributed by atoms with Crippen molar-refractivity contribution in [3.05, 3.63) is 0 Å². The predicted octanol–water partition coefficient (Wildman–Crippen LogP) is 2.22. The van der Waals surface area contributed by atoms with Gasteiger partial charge in [0.05, 0.1) is 11.0 Å². The van der Waals surface area contributed by atoms with Crippen LogP contribution in [0.1, 0.15) is 47.0 Å². The molecular weight excluding hydrogens is 234 g/mol. The van der Waals surface area contributed by atoms with Crippen molar-refractivity contribution < 1.29 is 8.42 Å². The highest BCUT2D eigenvalue weighted by Crippen LogP contribution is 2.28. The number of hydrogen-bond donors (Lipinski definition) is 1. The van der Waals surface area contributed by atoms with E-state index in [1.54, 1.807) is 13.8 Å². The maximum absolute atomic E-state index is 11.7. The normalized spacial score (nSPS) is 30.8. The van der Waals surface area contributed by atoms with Gasteiger partial charge in [0.25, 0.3) is 0 Å². The molecule has 1 aliphatic rings. The van der Waals surface area contributed by atoms with Gasteiger partial charge in [0.2, 0.25) is 0 Å². The van der Waals surface area contributed by atoms with Gasteiger partial charge in [0.1, 0.15) is 0 Å². The van der Waals surface area contributed by atoms with Crippen molar-refractivity contribution in [1.82, 2.24) is 5.32 Å². The van der Waals surface area contributed by atoms with Crippen LogP contribution in [0.5, 0.6) is 0 Å². The fourth-order valence-corrected chi connectivity index (χ4v) is 3.63. The second-order valence-corrected chi connectivity index (χ2v) is 8.66. The molecule has 1 fully saturated rings. The van der Waals surface area contributed by atoms with Gasteiger partial charge >= 0.3 is 0 Å². The first-order valence-electron chi connectivity index (χ1n) is 6.76. The average molecular weight is 261 g/mol. The fraction of sp³-hybridized carbons (Fsp3) is 1.00. The first kappa shape index (κ1) is 15.0. The molecule has 102 valence electrons. The lowest BCUT2D eigenvalue weighted by atomic mass is 9.80. The Kier molecular flexibility index (Phi) is 5.45. The summed E-state index contributed by atoms with van der Waals surface area (Å²) in [6.45, 7) is 8.68. The van der Waals surface area contributed by atoms with Crippen LogP contribution in [-0.4, -0.2) is 32.0 Å². The Morgan fingerprint density at radius 3 is 2.12 bits per heavy atom. The van der Waals surface area contributed by atoms with E-state index in [-0.39, 0.29) is 11.0 Å². The summed E-state index contributed by atoms with van der Waals surface area (Å²) in [5.41, 5.74) is 0. The molecule has 17 heavy (non-hydrogen) atoms. The number of nitrogens with one attached hydrogen (secondary N) is 1. The van der Waals surface area contributed by atoms with Gasteiger partial charge < -0.3 is 5.32 Å². The van der Waals surface area contributed by atoms with E-state index in [0.717, 1.165) is 11.8 Å². The van der Waals surface area contributed by atoms with Crippen LogP contribution in [0, 0.1) is 11.8 Å². The molecule has 0 bridgehead atoms. The largest absolute Gasteiger partial charge is 0.313 e. The van der Waals surface area contributed by atoms with Crippen molar-refractivity contribution in [2.75, 3.05) is 12.3 Å². The summed E-state index contributed by atoms with van der Waals surface area (Å²) >= 11 is 0. The van der Waals surface area contributed by atoms with E-state index in [1.165, 1.54) is 19.3 Å². The van der Waals surface area contributed by atoms with Crippen molar-refractivity contribution in [2.45, 2.75) is 58.2 Å². The molecule has 0 aliphatic heterocycles. The Morgan fingerprint density at radius 1 is 1.12 bits per heavy atom. The van der Waals surface area contributed by atoms with E-state index in [2.05, 4.69) is 19.2 Å². The molecule has 4 heteroatoms. The second kappa shape index (κ2) is 6.19. The summed E-state index contributed by atoms with van der Waals surface area (Å²) in [5.74, 6) is 1.79. The topological polar surface area (TPSA) is 46.2 Å². The first-order valence-corrected chi connectivity index (χ1v) is 8.47. The first-order chi connectivity index (χ1) is 7.81. The van der Waals surface area contributed by atoms with E-state index in [1.807, 2.05) is 0 Å². The molecular formula is C13H27NO2S. The number of sulfone groups is 1. The van der Waals surface area contributed by atoms with Crippen LogP contribution in [-0.2, 0) is 9.84 Å². The molecule has 0 aromatic carbocycles. The molecule has 1 N–H and O–H groups in total. The maximum atomic E-state index is 11.7. The summed E-state index contributed by atoms with van der Waals surface area (Å²) in [6, 6.07) is 0.510. The van der Waals surface area contributed by atoms with Crippen LogP contribution >= 0.6 is 0 Å². The molecule has 2 atom stereocenters. The van der Waals surface area contributed by atoms with Crippen LogP contribution in [0.15, 0.2) is 0 Å². The van der Waals surface area contributed by atoms with Gasteiger partial charge in [-0.2, -0.15) is 0 Å². The fourth-order valence-electron chi connectivity index (χ4n) is 2.75. The van der Waals surface area contributed by atoms with E-state index in [0.29, 0.717) is 12.6 Å². The maximum Gasteiger partial charge on any atom is 0.153 e. The van der Waals surface area contributed by atoms with E-state index in [9.17, 15) is 8.42 Å². The van der Waals surface area contributed by atoms with Crippen LogP contribution in [0.2, 0.25) is 0 Å². The van der Waals surface area contributed by atoms with Crippen molar-refractivity contribution in [2.24, 2.45) is 11.8 Å². The van der Waals surface area contributed by atoms with Gasteiger partial charge in [0, 0.05) is 12.6 Å². The Morgan fingerprint density at radius 2 is 1.65 bits per heavy atom. The minimum absolute atomic E-state index is 0.256. The van der Waals surface area contributed by atoms with Crippen LogP contribution in [0.25, 0.3) is 0 Å². The Balaban J connectivity index is 2.32. The lowest BCUT2D eigenvalue weighted by molar-refractivity contribution is 0.242. The lowest BCUT2D eigenvalue weighted by Crippen LogP contribution is -2.39. The highest BCUT2D eigenvalue weighted by molar-refractivity contribution is 7.92. The van der Waals surface area contributed by atoms with Gasteiger partial charge in [-0.05, 0) is 44.9 Å². The molecule has 0 amide bonds. The van der Waals surface area contributed by atoms with E-state index >= 15 is 0 Å². The minimum atomic E-state index is -2.89. The molecule has 0 saturated heterocycles. The van der Waals surface area contributed by atoms with Crippen molar-refractivity contribution in [3.63, 3.8) is 0 Å². The second-order valence-electron chi connectivity index (χ2n) is 5.98. The Bertz CT molecular complexity index is 314. The monoisotopic (exact) mass is 261 g/mol. The molecule has 3 nitrogen and oxygen atoms in total. The zero-order valence-corrected chi connectivity index (χ0v) is 12.4. The van der Waals surface area contributed by atoms with Crippen LogP contribution in [0.4, 0.5) is 0 Å². The predicted molar refractivity (Wildman–Crippen MR) is 72.9 cm³/mol. The quantitative estimate of drug-likeness (QED) is 0.825. The number of rotatable bonds is 5. The van der Waals surface area contributed by atoms with Crippen molar-refractivity contribution in [1.29, 1.82) is 0 Å². The number of hydrogen-bond acceptors (Lipinski definition) is 3. The van der Waals surface area contributed by atoms with Gasteiger partial charge in [-0.25, -0.2) is 8.42 Å². The molecule has 1 aliphatic carbocycles. The van der Waals surface area contributed by atoms with E-state index < -0.39 is 9.84 Å². The third kappa shape index (κ3) is 4.96. The van der Waals surface area contributed by atoms with Gasteiger partial charge in [-0.15, -0.1) is 0 Å². The molecule has 0 aromatic heterocycles. The molecule has 2 unspecified atom stereocenters. The summed E-state index contributed by atoms with van der Waals surface area (Å²) in [7, 11) is -2.89. The molecule has 1 saturated carbocycles. The molecule has 0 aromatic rings. The average Bonchev–Trinajstić information content (AvgIpc) is 2.15. The smallest absolute Gasteiger partial charge is 0.153 e. The summed E-state index contributed by atoms with van der Waals surface area (Å²) in [4.78, 5) is 0. The Hall–Kier alpha value is -0.0900. The standard InChI is InChI=1S/C13H27NO2S/c1-10(2)17(15,16)6-5-14-13-8-11(3)7-12(4)9-13/h10-14H,5-9H2,1-4H3. The van der Waals surface area contributed by atoms with Gasteiger partial charge in [-0.3, -0.25) is 0 Å². The summed E-state index contributed by atoms with van der Waals surface area (Å²) < 4.78 is 23.3. The summed E-state index contributed by atoms with van der Waals surface area (Å²) in [6.07, 6.45) is 3.68. The third-order valence-electron chi connectivity index (χ3n) is 3.72. The van der Waals surface area contributed by atoms with Crippen molar-refractivity contribution >= 4 is 9.84 Å². The van der Waals surface area contributed by atoms with Crippen LogP contribution < -0.4 is 5.32 Å². The minimum Gasteiger partial charge on any atom is -0.313 e. The summed E-state index contributed by atoms with van der Waals surface area (Å²) in [5, 5.41) is 3.16. The Labute approximate surface area is 106 Å². The highest BCUT2D eigenvalue weighted by Gasteiger charge is 2.24. The zero-order valence-electron chi connectivity index (χ0n) is 11.6. The lowest BCUT2D eigenvalue weighted by Gasteiger charge is -2.32. The van der Waals surface area contributed by atoms with Crippen molar-refractivity contribution in [3.8, 4) is 0 Å². The molecule has 0 heterocycles. The van der Waals surface area contributed by atoms with E-state index in [4.69, 9.17) is 0 Å². The van der Waals surface area contributed by atoms with Gasteiger partial charge in [-0.1, -0.05) is 13.8 Å². The van der Waals surface area contributed by atoms with Gasteiger partial charge in [0.15, 0.2) is 9.84 Å². The highest BCUT2D eigenvalue weighted by atomic mass is 32.2.